The standard InChI is InChI=1S/C12H9BrClF3N2S/c13-8-2-1-6(12(15,16)17)5-7(8)10(19-18)11-9(14)3-4-20-11/h1-5,10,19H,18H2. The van der Waals surface area contributed by atoms with Crippen LogP contribution >= 0.6 is 38.9 Å². The average molecular weight is 386 g/mol. The molecule has 0 saturated heterocycles. The first-order valence-electron chi connectivity index (χ1n) is 5.40. The maximum absolute atomic E-state index is 12.8. The fraction of sp³-hybridized carbons (Fsp3) is 0.167. The molecule has 2 aromatic rings. The number of halogens is 5. The molecule has 0 radical (unpaired) electrons. The van der Waals surface area contributed by atoms with E-state index in [2.05, 4.69) is 21.4 Å². The number of hydrogen-bond acceptors (Lipinski definition) is 3. The van der Waals surface area contributed by atoms with Gasteiger partial charge in [0.05, 0.1) is 16.6 Å². The third kappa shape index (κ3) is 3.17. The highest BCUT2D eigenvalue weighted by atomic mass is 79.9. The molecule has 1 atom stereocenters. The molecule has 0 fully saturated rings. The first kappa shape index (κ1) is 15.8. The highest BCUT2D eigenvalue weighted by Crippen LogP contribution is 2.38. The van der Waals surface area contributed by atoms with E-state index in [0.717, 1.165) is 12.1 Å². The Hall–Kier alpha value is -0.600. The van der Waals surface area contributed by atoms with Crippen LogP contribution in [0.4, 0.5) is 13.2 Å². The second-order valence-corrected chi connectivity index (χ2v) is 6.18. The van der Waals surface area contributed by atoms with Crippen molar-refractivity contribution in [2.45, 2.75) is 12.2 Å². The van der Waals surface area contributed by atoms with Gasteiger partial charge in [0.1, 0.15) is 0 Å². The van der Waals surface area contributed by atoms with E-state index in [-0.39, 0.29) is 0 Å². The number of rotatable bonds is 3. The summed E-state index contributed by atoms with van der Waals surface area (Å²) >= 11 is 10.6. The van der Waals surface area contributed by atoms with Gasteiger partial charge >= 0.3 is 6.18 Å². The molecule has 1 aromatic heterocycles. The summed E-state index contributed by atoms with van der Waals surface area (Å²) in [4.78, 5) is 0.661. The van der Waals surface area contributed by atoms with Gasteiger partial charge in [-0.25, -0.2) is 5.43 Å². The summed E-state index contributed by atoms with van der Waals surface area (Å²) in [7, 11) is 0. The van der Waals surface area contributed by atoms with Gasteiger partial charge in [0.25, 0.3) is 0 Å². The molecule has 0 aliphatic rings. The lowest BCUT2D eigenvalue weighted by atomic mass is 10.0. The summed E-state index contributed by atoms with van der Waals surface area (Å²) < 4.78 is 38.9. The lowest BCUT2D eigenvalue weighted by Gasteiger charge is -2.19. The Morgan fingerprint density at radius 1 is 1.30 bits per heavy atom. The third-order valence-corrected chi connectivity index (χ3v) is 4.85. The van der Waals surface area contributed by atoms with Gasteiger partial charge < -0.3 is 0 Å². The summed E-state index contributed by atoms with van der Waals surface area (Å²) in [5.41, 5.74) is 2.16. The minimum absolute atomic E-state index is 0.381. The number of thiophene rings is 1. The summed E-state index contributed by atoms with van der Waals surface area (Å²) in [6.07, 6.45) is -4.41. The van der Waals surface area contributed by atoms with E-state index in [1.165, 1.54) is 17.4 Å². The topological polar surface area (TPSA) is 38.0 Å². The molecule has 108 valence electrons. The molecule has 0 bridgehead atoms. The molecule has 0 spiro atoms. The predicted octanol–water partition coefficient (Wildman–Crippen LogP) is 4.74. The number of nitrogens with one attached hydrogen (secondary N) is 1. The second-order valence-electron chi connectivity index (χ2n) is 3.97. The molecule has 1 unspecified atom stereocenters. The third-order valence-electron chi connectivity index (χ3n) is 2.71. The highest BCUT2D eigenvalue weighted by molar-refractivity contribution is 9.10. The van der Waals surface area contributed by atoms with Crippen LogP contribution in [0.1, 0.15) is 22.0 Å². The lowest BCUT2D eigenvalue weighted by molar-refractivity contribution is -0.137. The smallest absolute Gasteiger partial charge is 0.271 e. The Bertz CT molecular complexity index is 615. The van der Waals surface area contributed by atoms with Crippen molar-refractivity contribution in [1.82, 2.24) is 5.43 Å². The summed E-state index contributed by atoms with van der Waals surface area (Å²) in [5, 5.41) is 2.21. The van der Waals surface area contributed by atoms with Crippen molar-refractivity contribution in [3.8, 4) is 0 Å². The Morgan fingerprint density at radius 3 is 2.50 bits per heavy atom. The van der Waals surface area contributed by atoms with Gasteiger partial charge in [-0.15, -0.1) is 11.3 Å². The molecule has 0 amide bonds. The van der Waals surface area contributed by atoms with E-state index in [9.17, 15) is 13.2 Å². The van der Waals surface area contributed by atoms with E-state index in [1.807, 2.05) is 0 Å². The molecule has 1 heterocycles. The van der Waals surface area contributed by atoms with Crippen LogP contribution in [0.5, 0.6) is 0 Å². The molecular formula is C12H9BrClF3N2S. The van der Waals surface area contributed by atoms with Gasteiger partial charge in [0, 0.05) is 9.35 Å². The molecule has 2 nitrogen and oxygen atoms in total. The van der Waals surface area contributed by atoms with Crippen LogP contribution in [0.25, 0.3) is 0 Å². The summed E-state index contributed by atoms with van der Waals surface area (Å²) in [6.45, 7) is 0. The maximum atomic E-state index is 12.8. The molecule has 1 aromatic carbocycles. The first-order chi connectivity index (χ1) is 9.34. The molecular weight excluding hydrogens is 377 g/mol. The van der Waals surface area contributed by atoms with Gasteiger partial charge in [0.15, 0.2) is 0 Å². The minimum atomic E-state index is -4.41. The molecule has 0 aliphatic heterocycles. The van der Waals surface area contributed by atoms with Crippen LogP contribution < -0.4 is 11.3 Å². The van der Waals surface area contributed by atoms with Crippen molar-refractivity contribution in [1.29, 1.82) is 0 Å². The normalized spacial score (nSPS) is 13.5. The van der Waals surface area contributed by atoms with Crippen LogP contribution in [0, 0.1) is 0 Å². The van der Waals surface area contributed by atoms with E-state index >= 15 is 0 Å². The maximum Gasteiger partial charge on any atom is 0.416 e. The van der Waals surface area contributed by atoms with E-state index in [4.69, 9.17) is 17.4 Å². The van der Waals surface area contributed by atoms with Crippen LogP contribution in [0.3, 0.4) is 0 Å². The number of nitrogens with two attached hydrogens (primary N) is 1. The van der Waals surface area contributed by atoms with Gasteiger partial charge in [-0.3, -0.25) is 5.84 Å². The van der Waals surface area contributed by atoms with Crippen LogP contribution in [0.2, 0.25) is 5.02 Å². The summed E-state index contributed by atoms with van der Waals surface area (Å²) in [5.74, 6) is 5.49. The molecule has 0 aliphatic carbocycles. The zero-order valence-corrected chi connectivity index (χ0v) is 13.0. The van der Waals surface area contributed by atoms with Gasteiger partial charge in [-0.05, 0) is 35.2 Å². The Kier molecular flexibility index (Phi) is 4.76. The lowest BCUT2D eigenvalue weighted by Crippen LogP contribution is -2.29. The van der Waals surface area contributed by atoms with Crippen molar-refractivity contribution in [2.75, 3.05) is 0 Å². The Labute approximate surface area is 130 Å². The second kappa shape index (κ2) is 6.03. The number of hydrogen-bond donors (Lipinski definition) is 2. The zero-order chi connectivity index (χ0) is 14.9. The van der Waals surface area contributed by atoms with E-state index < -0.39 is 17.8 Å². The molecule has 2 rings (SSSR count). The fourth-order valence-electron chi connectivity index (χ4n) is 1.76. The fourth-order valence-corrected chi connectivity index (χ4v) is 3.48. The molecule has 0 saturated carbocycles. The van der Waals surface area contributed by atoms with Crippen LogP contribution in [-0.2, 0) is 6.18 Å². The highest BCUT2D eigenvalue weighted by Gasteiger charge is 2.32. The molecule has 8 heteroatoms. The van der Waals surface area contributed by atoms with Crippen molar-refractivity contribution in [3.05, 3.63) is 55.1 Å². The largest absolute Gasteiger partial charge is 0.416 e. The van der Waals surface area contributed by atoms with Gasteiger partial charge in [0.2, 0.25) is 0 Å². The van der Waals surface area contributed by atoms with E-state index in [1.54, 1.807) is 11.4 Å². The Balaban J connectivity index is 2.52. The monoisotopic (exact) mass is 384 g/mol. The predicted molar refractivity (Wildman–Crippen MR) is 77.6 cm³/mol. The van der Waals surface area contributed by atoms with Crippen LogP contribution in [0.15, 0.2) is 34.1 Å². The number of benzene rings is 1. The van der Waals surface area contributed by atoms with Crippen LogP contribution in [-0.4, -0.2) is 0 Å². The number of hydrazine groups is 1. The SMILES string of the molecule is NNC(c1cc(C(F)(F)F)ccc1Br)c1sccc1Cl. The average Bonchev–Trinajstić information content (AvgIpc) is 2.78. The van der Waals surface area contributed by atoms with Crippen molar-refractivity contribution < 1.29 is 13.2 Å². The van der Waals surface area contributed by atoms with Gasteiger partial charge in [-0.2, -0.15) is 13.2 Å². The van der Waals surface area contributed by atoms with Crippen molar-refractivity contribution >= 4 is 38.9 Å². The van der Waals surface area contributed by atoms with E-state index in [0.29, 0.717) is 19.9 Å². The van der Waals surface area contributed by atoms with Gasteiger partial charge in [-0.1, -0.05) is 27.5 Å². The first-order valence-corrected chi connectivity index (χ1v) is 7.45. The quantitative estimate of drug-likeness (QED) is 0.592. The Morgan fingerprint density at radius 2 is 2.00 bits per heavy atom. The zero-order valence-electron chi connectivity index (χ0n) is 9.84. The van der Waals surface area contributed by atoms with Crippen molar-refractivity contribution in [3.63, 3.8) is 0 Å². The number of alkyl halides is 3. The molecule has 20 heavy (non-hydrogen) atoms. The van der Waals surface area contributed by atoms with Crippen molar-refractivity contribution in [2.24, 2.45) is 5.84 Å². The summed E-state index contributed by atoms with van der Waals surface area (Å²) in [6, 6.07) is 4.48. The minimum Gasteiger partial charge on any atom is -0.271 e. The molecule has 3 N–H and O–H groups in total.